The molecule has 0 spiro atoms. The number of rotatable bonds is 5. The molecule has 1 amide bonds. The van der Waals surface area contributed by atoms with Gasteiger partial charge in [0, 0.05) is 18.5 Å². The highest BCUT2D eigenvalue weighted by Crippen LogP contribution is 2.25. The van der Waals surface area contributed by atoms with Crippen molar-refractivity contribution in [2.45, 2.75) is 33.1 Å². The second-order valence-electron chi connectivity index (χ2n) is 6.24. The number of aromatic nitrogens is 4. The molecular weight excluding hydrogens is 346 g/mol. The second-order valence-corrected chi connectivity index (χ2v) is 6.24. The molecule has 3 heterocycles. The summed E-state index contributed by atoms with van der Waals surface area (Å²) in [6.07, 6.45) is 9.09. The Bertz CT molecular complexity index is 803. The number of nitrogens with one attached hydrogen (secondary N) is 1. The summed E-state index contributed by atoms with van der Waals surface area (Å²) >= 11 is 0. The smallest absolute Gasteiger partial charge is 0.412 e. The molecule has 4 rings (SSSR count). The predicted molar refractivity (Wildman–Crippen MR) is 101 cm³/mol. The van der Waals surface area contributed by atoms with E-state index in [0.717, 1.165) is 12.8 Å². The fourth-order valence-corrected chi connectivity index (χ4v) is 3.05. The van der Waals surface area contributed by atoms with Gasteiger partial charge in [0.25, 0.3) is 0 Å². The van der Waals surface area contributed by atoms with Crippen LogP contribution in [0.25, 0.3) is 17.4 Å². The van der Waals surface area contributed by atoms with E-state index in [2.05, 4.69) is 20.4 Å². The van der Waals surface area contributed by atoms with Crippen LogP contribution in [0.2, 0.25) is 0 Å². The van der Waals surface area contributed by atoms with Crippen molar-refractivity contribution >= 4 is 11.9 Å². The van der Waals surface area contributed by atoms with E-state index in [1.165, 1.54) is 12.8 Å². The van der Waals surface area contributed by atoms with Crippen LogP contribution in [0.5, 0.6) is 0 Å². The maximum absolute atomic E-state index is 12.1. The van der Waals surface area contributed by atoms with Gasteiger partial charge in [0.05, 0.1) is 12.9 Å². The topological polar surface area (TPSA) is 95.1 Å². The highest BCUT2D eigenvalue weighted by molar-refractivity contribution is 5.83. The largest absolute Gasteiger partial charge is 0.461 e. The van der Waals surface area contributed by atoms with E-state index in [9.17, 15) is 4.79 Å². The monoisotopic (exact) mass is 369 g/mol. The van der Waals surface area contributed by atoms with Gasteiger partial charge in [-0.1, -0.05) is 20.3 Å². The van der Waals surface area contributed by atoms with E-state index in [-0.39, 0.29) is 7.43 Å². The van der Waals surface area contributed by atoms with Crippen molar-refractivity contribution in [1.82, 2.24) is 19.7 Å². The Hall–Kier alpha value is -3.16. The average Bonchev–Trinajstić information content (AvgIpc) is 3.43. The molecule has 142 valence electrons. The molecule has 8 heteroatoms. The Morgan fingerprint density at radius 1 is 1.30 bits per heavy atom. The van der Waals surface area contributed by atoms with E-state index in [0.29, 0.717) is 35.7 Å². The minimum atomic E-state index is -0.521. The SMILES string of the molecule is C.O=C(Nc1cc(-n2cccn2)nc(-c2ccco2)n1)OCC1CCCC1. The molecule has 0 bridgehead atoms. The minimum Gasteiger partial charge on any atom is -0.461 e. The third kappa shape index (κ3) is 4.52. The van der Waals surface area contributed by atoms with Crippen molar-refractivity contribution < 1.29 is 13.9 Å². The second kappa shape index (κ2) is 8.48. The van der Waals surface area contributed by atoms with E-state index >= 15 is 0 Å². The van der Waals surface area contributed by atoms with Crippen LogP contribution in [-0.4, -0.2) is 32.4 Å². The molecule has 3 aromatic heterocycles. The standard InChI is InChI=1S/C18H19N5O3.CH4/c24-18(26-12-13-5-1-2-6-13)21-15-11-16(23-9-4-8-19-23)22-17(20-15)14-7-3-10-25-14;/h3-4,7-11,13H,1-2,5-6,12H2,(H,20,21,22,24);1H4. The first-order valence-corrected chi connectivity index (χ1v) is 8.65. The molecule has 0 saturated heterocycles. The lowest BCUT2D eigenvalue weighted by atomic mass is 10.1. The maximum atomic E-state index is 12.1. The molecule has 1 aliphatic carbocycles. The summed E-state index contributed by atoms with van der Waals surface area (Å²) in [7, 11) is 0. The number of anilines is 1. The number of carbonyl (C=O) groups is 1. The molecule has 3 aromatic rings. The van der Waals surface area contributed by atoms with Gasteiger partial charge in [-0.15, -0.1) is 0 Å². The molecular formula is C19H23N5O3. The lowest BCUT2D eigenvalue weighted by Crippen LogP contribution is -2.19. The van der Waals surface area contributed by atoms with E-state index in [1.54, 1.807) is 47.6 Å². The molecule has 0 unspecified atom stereocenters. The summed E-state index contributed by atoms with van der Waals surface area (Å²) in [5.74, 6) is 2.16. The van der Waals surface area contributed by atoms with Gasteiger partial charge >= 0.3 is 6.09 Å². The van der Waals surface area contributed by atoms with Crippen LogP contribution in [-0.2, 0) is 4.74 Å². The number of carbonyl (C=O) groups excluding carboxylic acids is 1. The number of nitrogens with zero attached hydrogens (tertiary/aromatic N) is 4. The van der Waals surface area contributed by atoms with Gasteiger partial charge in [-0.2, -0.15) is 5.10 Å². The zero-order chi connectivity index (χ0) is 17.8. The fourth-order valence-electron chi connectivity index (χ4n) is 3.05. The van der Waals surface area contributed by atoms with Crippen LogP contribution < -0.4 is 5.32 Å². The van der Waals surface area contributed by atoms with Gasteiger partial charge in [0.1, 0.15) is 5.82 Å². The molecule has 27 heavy (non-hydrogen) atoms. The van der Waals surface area contributed by atoms with E-state index in [1.807, 2.05) is 0 Å². The fraction of sp³-hybridized carbons (Fsp3) is 0.368. The number of hydrogen-bond acceptors (Lipinski definition) is 6. The Kier molecular flexibility index (Phi) is 5.85. The molecule has 0 atom stereocenters. The molecule has 0 aliphatic heterocycles. The maximum Gasteiger partial charge on any atom is 0.412 e. The van der Waals surface area contributed by atoms with Crippen molar-refractivity contribution in [3.05, 3.63) is 42.9 Å². The van der Waals surface area contributed by atoms with Crippen molar-refractivity contribution in [1.29, 1.82) is 0 Å². The Morgan fingerprint density at radius 2 is 2.15 bits per heavy atom. The molecule has 0 radical (unpaired) electrons. The Labute approximate surface area is 157 Å². The number of hydrogen-bond donors (Lipinski definition) is 1. The molecule has 1 N–H and O–H groups in total. The first kappa shape index (κ1) is 18.6. The normalized spacial score (nSPS) is 13.9. The van der Waals surface area contributed by atoms with Crippen molar-refractivity contribution in [3.63, 3.8) is 0 Å². The van der Waals surface area contributed by atoms with Gasteiger partial charge in [0.15, 0.2) is 17.4 Å². The number of furan rings is 1. The van der Waals surface area contributed by atoms with Gasteiger partial charge in [-0.25, -0.2) is 19.4 Å². The lowest BCUT2D eigenvalue weighted by molar-refractivity contribution is 0.141. The van der Waals surface area contributed by atoms with Crippen LogP contribution in [0.1, 0.15) is 33.1 Å². The zero-order valence-electron chi connectivity index (χ0n) is 14.2. The summed E-state index contributed by atoms with van der Waals surface area (Å²) in [4.78, 5) is 20.9. The van der Waals surface area contributed by atoms with Crippen LogP contribution in [0, 0.1) is 5.92 Å². The summed E-state index contributed by atoms with van der Waals surface area (Å²) in [5, 5.41) is 6.85. The van der Waals surface area contributed by atoms with Crippen LogP contribution >= 0.6 is 0 Å². The third-order valence-corrected chi connectivity index (χ3v) is 4.35. The van der Waals surface area contributed by atoms with Gasteiger partial charge < -0.3 is 9.15 Å². The first-order valence-electron chi connectivity index (χ1n) is 8.65. The number of ether oxygens (including phenoxy) is 1. The first-order chi connectivity index (χ1) is 12.8. The zero-order valence-corrected chi connectivity index (χ0v) is 14.2. The Balaban J connectivity index is 0.00000210. The lowest BCUT2D eigenvalue weighted by Gasteiger charge is -2.11. The van der Waals surface area contributed by atoms with E-state index in [4.69, 9.17) is 9.15 Å². The molecule has 1 aliphatic rings. The quantitative estimate of drug-likeness (QED) is 0.720. The highest BCUT2D eigenvalue weighted by Gasteiger charge is 2.18. The predicted octanol–water partition coefficient (Wildman–Crippen LogP) is 4.30. The van der Waals surface area contributed by atoms with E-state index < -0.39 is 6.09 Å². The number of amides is 1. The highest BCUT2D eigenvalue weighted by atomic mass is 16.5. The summed E-state index contributed by atoms with van der Waals surface area (Å²) in [5.41, 5.74) is 0. The van der Waals surface area contributed by atoms with Crippen LogP contribution in [0.3, 0.4) is 0 Å². The van der Waals surface area contributed by atoms with Crippen molar-refractivity contribution in [3.8, 4) is 17.4 Å². The van der Waals surface area contributed by atoms with Crippen molar-refractivity contribution in [2.24, 2.45) is 5.92 Å². The molecule has 1 fully saturated rings. The van der Waals surface area contributed by atoms with Crippen LogP contribution in [0.4, 0.5) is 10.6 Å². The molecule has 8 nitrogen and oxygen atoms in total. The van der Waals surface area contributed by atoms with Gasteiger partial charge in [-0.3, -0.25) is 5.32 Å². The average molecular weight is 369 g/mol. The summed E-state index contributed by atoms with van der Waals surface area (Å²) in [6.45, 7) is 0.438. The van der Waals surface area contributed by atoms with Crippen molar-refractivity contribution in [2.75, 3.05) is 11.9 Å². The van der Waals surface area contributed by atoms with Crippen LogP contribution in [0.15, 0.2) is 47.3 Å². The molecule has 0 aromatic carbocycles. The minimum absolute atomic E-state index is 0. The summed E-state index contributed by atoms with van der Waals surface area (Å²) < 4.78 is 12.3. The third-order valence-electron chi connectivity index (χ3n) is 4.35. The van der Waals surface area contributed by atoms with Gasteiger partial charge in [0.2, 0.25) is 0 Å². The Morgan fingerprint density at radius 3 is 2.85 bits per heavy atom. The molecule has 1 saturated carbocycles. The summed E-state index contributed by atoms with van der Waals surface area (Å²) in [6, 6.07) is 6.93. The van der Waals surface area contributed by atoms with Gasteiger partial charge in [-0.05, 0) is 37.0 Å².